The molecule has 0 aliphatic heterocycles. The van der Waals surface area contributed by atoms with Crippen molar-refractivity contribution in [3.8, 4) is 6.07 Å². The van der Waals surface area contributed by atoms with Crippen LogP contribution in [-0.4, -0.2) is 25.9 Å². The van der Waals surface area contributed by atoms with Gasteiger partial charge in [0.05, 0.1) is 31.5 Å². The van der Waals surface area contributed by atoms with E-state index in [2.05, 4.69) is 43.3 Å². The summed E-state index contributed by atoms with van der Waals surface area (Å²) in [7, 11) is 0. The summed E-state index contributed by atoms with van der Waals surface area (Å²) in [4.78, 5) is 0. The molecule has 4 aromatic rings. The van der Waals surface area contributed by atoms with Crippen molar-refractivity contribution in [2.75, 3.05) is 19.8 Å². The summed E-state index contributed by atoms with van der Waals surface area (Å²) >= 11 is 0. The van der Waals surface area contributed by atoms with Crippen molar-refractivity contribution in [3.05, 3.63) is 143 Å². The maximum Gasteiger partial charge on any atom is 0.143 e. The third-order valence-corrected chi connectivity index (χ3v) is 9.30. The molecule has 0 amide bonds. The highest BCUT2D eigenvalue weighted by atomic mass is 19.1. The molecule has 0 heterocycles. The largest absolute Gasteiger partial charge is 0.379 e. The average Bonchev–Trinajstić information content (AvgIpc) is 3.16. The van der Waals surface area contributed by atoms with Crippen LogP contribution in [0.5, 0.6) is 0 Å². The predicted octanol–water partition coefficient (Wildman–Crippen LogP) is 11.7. The first-order valence-corrected chi connectivity index (χ1v) is 18.8. The van der Waals surface area contributed by atoms with Crippen LogP contribution < -0.4 is 0 Å². The molecule has 0 saturated carbocycles. The molecule has 1 atom stereocenters. The number of benzene rings is 4. The molecule has 0 fully saturated rings. The Morgan fingerprint density at radius 2 is 1.10 bits per heavy atom. The Balaban J connectivity index is 1.37. The quantitative estimate of drug-likeness (QED) is 0.0517. The van der Waals surface area contributed by atoms with Crippen LogP contribution in [0.1, 0.15) is 118 Å². The van der Waals surface area contributed by atoms with Gasteiger partial charge in [-0.1, -0.05) is 175 Å². The zero-order valence-corrected chi connectivity index (χ0v) is 30.0. The summed E-state index contributed by atoms with van der Waals surface area (Å²) in [6.07, 6.45) is 16.5. The molecule has 4 nitrogen and oxygen atoms in total. The number of halogens is 1. The van der Waals surface area contributed by atoms with E-state index >= 15 is 0 Å². The van der Waals surface area contributed by atoms with Crippen molar-refractivity contribution in [2.24, 2.45) is 0 Å². The zero-order chi connectivity index (χ0) is 35.1. The van der Waals surface area contributed by atoms with E-state index in [9.17, 15) is 9.65 Å². The number of nitrogens with zero attached hydrogens (tertiary/aromatic N) is 1. The number of hydrogen-bond donors (Lipinski definition) is 0. The molecule has 5 heteroatoms. The standard InChI is InChI=1S/C45H56FNO3/c1-2-3-4-5-6-7-8-9-10-11-12-13-23-30-48-36-44(49-35-39-31-38(34-47)32-43(46)33-39)37-50-45(40-24-17-14-18-25-40,41-26-19-15-20-27-41)42-28-21-16-22-29-42/h14-22,24-29,31-33,44H,2-13,23,30,35-37H2,1H3/t44-/m1/s1. The monoisotopic (exact) mass is 677 g/mol. The van der Waals surface area contributed by atoms with Gasteiger partial charge in [0.2, 0.25) is 0 Å². The normalized spacial score (nSPS) is 12.1. The van der Waals surface area contributed by atoms with Crippen LogP contribution in [0.3, 0.4) is 0 Å². The topological polar surface area (TPSA) is 51.5 Å². The van der Waals surface area contributed by atoms with Gasteiger partial charge >= 0.3 is 0 Å². The van der Waals surface area contributed by atoms with Crippen molar-refractivity contribution >= 4 is 0 Å². The molecule has 0 spiro atoms. The summed E-state index contributed by atoms with van der Waals surface area (Å²) < 4.78 is 33.9. The van der Waals surface area contributed by atoms with Gasteiger partial charge in [-0.2, -0.15) is 5.26 Å². The van der Waals surface area contributed by atoms with Crippen LogP contribution in [0, 0.1) is 17.1 Å². The molecule has 0 bridgehead atoms. The van der Waals surface area contributed by atoms with Crippen LogP contribution in [0.15, 0.2) is 109 Å². The Bertz CT molecular complexity index is 1410. The van der Waals surface area contributed by atoms with Gasteiger partial charge in [-0.15, -0.1) is 0 Å². The molecular weight excluding hydrogens is 621 g/mol. The molecule has 0 radical (unpaired) electrons. The van der Waals surface area contributed by atoms with Gasteiger partial charge in [0.15, 0.2) is 0 Å². The molecule has 0 unspecified atom stereocenters. The molecule has 266 valence electrons. The van der Waals surface area contributed by atoms with Crippen LogP contribution >= 0.6 is 0 Å². The Kier molecular flexibility index (Phi) is 17.8. The maximum atomic E-state index is 14.3. The van der Waals surface area contributed by atoms with E-state index in [0.29, 0.717) is 18.8 Å². The van der Waals surface area contributed by atoms with E-state index in [4.69, 9.17) is 14.2 Å². The second-order valence-electron chi connectivity index (χ2n) is 13.3. The van der Waals surface area contributed by atoms with Gasteiger partial charge in [0, 0.05) is 6.61 Å². The lowest BCUT2D eigenvalue weighted by molar-refractivity contribution is -0.0968. The number of rotatable bonds is 25. The highest BCUT2D eigenvalue weighted by Gasteiger charge is 2.38. The Morgan fingerprint density at radius 1 is 0.620 bits per heavy atom. The third kappa shape index (κ3) is 12.8. The fraction of sp³-hybridized carbons (Fsp3) is 0.444. The minimum Gasteiger partial charge on any atom is -0.379 e. The third-order valence-electron chi connectivity index (χ3n) is 9.30. The van der Waals surface area contributed by atoms with Crippen LogP contribution in [-0.2, 0) is 26.4 Å². The van der Waals surface area contributed by atoms with Gasteiger partial charge in [0.1, 0.15) is 17.5 Å². The summed E-state index contributed by atoms with van der Waals surface area (Å²) in [6.45, 7) is 3.63. The first-order chi connectivity index (χ1) is 24.7. The molecule has 0 saturated heterocycles. The molecule has 4 rings (SSSR count). The van der Waals surface area contributed by atoms with Gasteiger partial charge in [-0.3, -0.25) is 0 Å². The lowest BCUT2D eigenvalue weighted by Crippen LogP contribution is -2.37. The van der Waals surface area contributed by atoms with Crippen molar-refractivity contribution < 1.29 is 18.6 Å². The molecule has 50 heavy (non-hydrogen) atoms. The van der Waals surface area contributed by atoms with Gasteiger partial charge in [-0.05, 0) is 46.9 Å². The van der Waals surface area contributed by atoms with Crippen molar-refractivity contribution in [2.45, 2.75) is 109 Å². The summed E-state index contributed by atoms with van der Waals surface area (Å²) in [6, 6.07) is 37.1. The highest BCUT2D eigenvalue weighted by molar-refractivity contribution is 5.47. The van der Waals surface area contributed by atoms with Gasteiger partial charge in [-0.25, -0.2) is 4.39 Å². The van der Waals surface area contributed by atoms with Crippen molar-refractivity contribution in [1.29, 1.82) is 5.26 Å². The molecule has 4 aromatic carbocycles. The van der Waals surface area contributed by atoms with Gasteiger partial charge in [0.25, 0.3) is 0 Å². The molecule has 0 N–H and O–H groups in total. The Hall–Kier alpha value is -3.82. The Labute approximate surface area is 300 Å². The second-order valence-corrected chi connectivity index (χ2v) is 13.3. The van der Waals surface area contributed by atoms with E-state index in [1.165, 1.54) is 82.8 Å². The molecule has 0 aliphatic rings. The summed E-state index contributed by atoms with van der Waals surface area (Å²) in [5.41, 5.74) is 3.00. The summed E-state index contributed by atoms with van der Waals surface area (Å²) in [5, 5.41) is 9.37. The number of hydrogen-bond acceptors (Lipinski definition) is 4. The van der Waals surface area contributed by atoms with Crippen molar-refractivity contribution in [3.63, 3.8) is 0 Å². The van der Waals surface area contributed by atoms with E-state index in [1.807, 2.05) is 60.7 Å². The number of unbranched alkanes of at least 4 members (excludes halogenated alkanes) is 12. The molecular formula is C45H56FNO3. The number of nitriles is 1. The average molecular weight is 678 g/mol. The maximum absolute atomic E-state index is 14.3. The fourth-order valence-electron chi connectivity index (χ4n) is 6.58. The SMILES string of the molecule is CCCCCCCCCCCCCCCOC[C@H](COC(c1ccccc1)(c1ccccc1)c1ccccc1)OCc1cc(F)cc(C#N)c1. The highest BCUT2D eigenvalue weighted by Crippen LogP contribution is 2.40. The van der Waals surface area contributed by atoms with E-state index < -0.39 is 17.5 Å². The lowest BCUT2D eigenvalue weighted by atomic mass is 9.80. The zero-order valence-electron chi connectivity index (χ0n) is 30.0. The number of ether oxygens (including phenoxy) is 3. The lowest BCUT2D eigenvalue weighted by Gasteiger charge is -2.37. The fourth-order valence-corrected chi connectivity index (χ4v) is 6.58. The smallest absolute Gasteiger partial charge is 0.143 e. The first-order valence-electron chi connectivity index (χ1n) is 18.8. The van der Waals surface area contributed by atoms with E-state index in [1.54, 1.807) is 6.07 Å². The Morgan fingerprint density at radius 3 is 1.58 bits per heavy atom. The minimum atomic E-state index is -0.896. The van der Waals surface area contributed by atoms with Crippen LogP contribution in [0.2, 0.25) is 0 Å². The second kappa shape index (κ2) is 22.8. The summed E-state index contributed by atoms with van der Waals surface area (Å²) in [5.74, 6) is -0.453. The first kappa shape index (κ1) is 39.0. The predicted molar refractivity (Wildman–Crippen MR) is 201 cm³/mol. The van der Waals surface area contributed by atoms with Crippen LogP contribution in [0.25, 0.3) is 0 Å². The molecule has 0 aromatic heterocycles. The minimum absolute atomic E-state index is 0.136. The van der Waals surface area contributed by atoms with Crippen LogP contribution in [0.4, 0.5) is 4.39 Å². The molecule has 0 aliphatic carbocycles. The van der Waals surface area contributed by atoms with Gasteiger partial charge < -0.3 is 14.2 Å². The van der Waals surface area contributed by atoms with Crippen molar-refractivity contribution in [1.82, 2.24) is 0 Å². The van der Waals surface area contributed by atoms with E-state index in [-0.39, 0.29) is 18.8 Å². The van der Waals surface area contributed by atoms with E-state index in [0.717, 1.165) is 29.5 Å².